The van der Waals surface area contributed by atoms with Crippen LogP contribution in [0.5, 0.6) is 0 Å². The van der Waals surface area contributed by atoms with Crippen molar-refractivity contribution in [2.24, 2.45) is 0 Å². The SMILES string of the molecule is CCCCSCC(CSCCCC)[O][In]([O]C(CSCCCC)CSCCCC)[O]C(CSCCCC)CSCCCC. The van der Waals surface area contributed by atoms with Gasteiger partial charge in [-0.25, -0.2) is 0 Å². The van der Waals surface area contributed by atoms with Gasteiger partial charge in [-0.15, -0.1) is 0 Å². The molecular weight excluding hydrogens is 752 g/mol. The van der Waals surface area contributed by atoms with Crippen molar-refractivity contribution in [2.75, 3.05) is 69.0 Å². The van der Waals surface area contributed by atoms with Gasteiger partial charge in [-0.05, 0) is 0 Å². The summed E-state index contributed by atoms with van der Waals surface area (Å²) in [5.41, 5.74) is 0. The normalized spacial score (nSPS) is 11.9. The van der Waals surface area contributed by atoms with E-state index in [4.69, 9.17) is 8.56 Å². The van der Waals surface area contributed by atoms with E-state index >= 15 is 0 Å². The maximum atomic E-state index is 7.07. The Labute approximate surface area is 305 Å². The van der Waals surface area contributed by atoms with E-state index in [0.717, 1.165) is 34.5 Å². The topological polar surface area (TPSA) is 27.7 Å². The molecule has 3 nitrogen and oxygen atoms in total. The standard InChI is InChI=1S/3C11H23OS2.In/c3*1-3-5-7-13-9-11(12)10-14-8-6-4-2;/h3*11H,3-10H2,1-2H3;/q3*-1;+3. The Morgan fingerprint density at radius 1 is 0.349 bits per heavy atom. The molecule has 0 bridgehead atoms. The van der Waals surface area contributed by atoms with Crippen molar-refractivity contribution in [2.45, 2.75) is 137 Å². The van der Waals surface area contributed by atoms with Crippen molar-refractivity contribution in [1.82, 2.24) is 0 Å². The van der Waals surface area contributed by atoms with Gasteiger partial charge in [0.1, 0.15) is 0 Å². The summed E-state index contributed by atoms with van der Waals surface area (Å²) in [5.74, 6) is 13.8. The monoisotopic (exact) mass is 820 g/mol. The first-order valence-electron chi connectivity index (χ1n) is 17.6. The van der Waals surface area contributed by atoms with Crippen molar-refractivity contribution in [1.29, 1.82) is 0 Å². The van der Waals surface area contributed by atoms with Crippen LogP contribution in [0.4, 0.5) is 0 Å². The minimum atomic E-state index is -3.24. The van der Waals surface area contributed by atoms with Crippen molar-refractivity contribution < 1.29 is 8.56 Å². The summed E-state index contributed by atoms with van der Waals surface area (Å²) in [6.07, 6.45) is 16.0. The second kappa shape index (κ2) is 37.7. The zero-order valence-corrected chi connectivity index (χ0v) is 37.1. The Morgan fingerprint density at radius 3 is 0.698 bits per heavy atom. The molecule has 0 aliphatic heterocycles. The van der Waals surface area contributed by atoms with Gasteiger partial charge in [0.25, 0.3) is 0 Å². The molecular formula is C33H69InO3S6. The summed E-state index contributed by atoms with van der Waals surface area (Å²) in [6.45, 7) is 13.7. The third-order valence-electron chi connectivity index (χ3n) is 6.59. The molecule has 43 heavy (non-hydrogen) atoms. The molecule has 0 fully saturated rings. The van der Waals surface area contributed by atoms with Crippen LogP contribution in [-0.4, -0.2) is 110 Å². The molecule has 0 heterocycles. The van der Waals surface area contributed by atoms with Crippen molar-refractivity contribution in [3.8, 4) is 0 Å². The molecule has 0 aliphatic rings. The van der Waals surface area contributed by atoms with Gasteiger partial charge in [0.15, 0.2) is 0 Å². The Morgan fingerprint density at radius 2 is 0.535 bits per heavy atom. The second-order valence-corrected chi connectivity index (χ2v) is 22.0. The van der Waals surface area contributed by atoms with Crippen LogP contribution in [0.15, 0.2) is 0 Å². The molecule has 258 valence electrons. The van der Waals surface area contributed by atoms with Gasteiger partial charge in [0.05, 0.1) is 0 Å². The molecule has 0 rings (SSSR count). The van der Waals surface area contributed by atoms with E-state index in [1.807, 2.05) is 0 Å². The summed E-state index contributed by atoms with van der Waals surface area (Å²) in [7, 11) is 0. The van der Waals surface area contributed by atoms with Gasteiger partial charge in [0.2, 0.25) is 0 Å². The van der Waals surface area contributed by atoms with Gasteiger partial charge < -0.3 is 0 Å². The molecule has 0 radical (unpaired) electrons. The van der Waals surface area contributed by atoms with Crippen molar-refractivity contribution in [3.63, 3.8) is 0 Å². The average Bonchev–Trinajstić information content (AvgIpc) is 3.01. The van der Waals surface area contributed by atoms with E-state index in [1.54, 1.807) is 0 Å². The molecule has 0 saturated carbocycles. The number of rotatable bonds is 36. The van der Waals surface area contributed by atoms with Crippen LogP contribution >= 0.6 is 70.6 Å². The average molecular weight is 821 g/mol. The summed E-state index contributed by atoms with van der Waals surface area (Å²) in [4.78, 5) is 0. The molecule has 0 N–H and O–H groups in total. The number of hydrogen-bond acceptors (Lipinski definition) is 9. The van der Waals surface area contributed by atoms with Crippen LogP contribution in [0.1, 0.15) is 119 Å². The molecule has 0 aromatic carbocycles. The summed E-state index contributed by atoms with van der Waals surface area (Å²) < 4.78 is 21.2. The van der Waals surface area contributed by atoms with Gasteiger partial charge >= 0.3 is 308 Å². The van der Waals surface area contributed by atoms with Crippen molar-refractivity contribution in [3.05, 3.63) is 0 Å². The van der Waals surface area contributed by atoms with Crippen LogP contribution in [0.3, 0.4) is 0 Å². The van der Waals surface area contributed by atoms with Gasteiger partial charge in [-0.2, -0.15) is 0 Å². The van der Waals surface area contributed by atoms with Crippen LogP contribution in [0.25, 0.3) is 0 Å². The Bertz CT molecular complexity index is 434. The van der Waals surface area contributed by atoms with Crippen LogP contribution in [-0.2, 0) is 8.56 Å². The zero-order chi connectivity index (χ0) is 31.6. The molecule has 0 amide bonds. The van der Waals surface area contributed by atoms with E-state index in [-0.39, 0.29) is 18.3 Å². The first-order valence-corrected chi connectivity index (χ1v) is 28.5. The molecule has 0 saturated heterocycles. The van der Waals surface area contributed by atoms with Gasteiger partial charge in [-0.3, -0.25) is 0 Å². The van der Waals surface area contributed by atoms with Crippen molar-refractivity contribution >= 4 is 93.3 Å². The minimum absolute atomic E-state index is 0.242. The Kier molecular flexibility index (Phi) is 40.2. The Hall–Kier alpha value is 2.85. The summed E-state index contributed by atoms with van der Waals surface area (Å²) >= 11 is 9.21. The molecule has 0 aromatic rings. The molecule has 10 heteroatoms. The Balaban J connectivity index is 5.72. The maximum absolute atomic E-state index is 7.07. The van der Waals surface area contributed by atoms with Gasteiger partial charge in [0, 0.05) is 0 Å². The number of hydrogen-bond donors (Lipinski definition) is 0. The summed E-state index contributed by atoms with van der Waals surface area (Å²) in [5, 5.41) is 0. The molecule has 0 atom stereocenters. The van der Waals surface area contributed by atoms with E-state index in [2.05, 4.69) is 112 Å². The van der Waals surface area contributed by atoms with Gasteiger partial charge in [-0.1, -0.05) is 0 Å². The first-order chi connectivity index (χ1) is 21.1. The summed E-state index contributed by atoms with van der Waals surface area (Å²) in [6, 6.07) is 0. The van der Waals surface area contributed by atoms with Crippen LogP contribution < -0.4 is 0 Å². The zero-order valence-electron chi connectivity index (χ0n) is 29.0. The van der Waals surface area contributed by atoms with Crippen LogP contribution in [0, 0.1) is 0 Å². The quantitative estimate of drug-likeness (QED) is 0.0573. The number of thioether (sulfide) groups is 6. The van der Waals surface area contributed by atoms with E-state index < -0.39 is 22.7 Å². The van der Waals surface area contributed by atoms with Crippen LogP contribution in [0.2, 0.25) is 0 Å². The first kappa shape index (κ1) is 45.9. The molecule has 0 spiro atoms. The van der Waals surface area contributed by atoms with E-state index in [0.29, 0.717) is 0 Å². The fraction of sp³-hybridized carbons (Fsp3) is 1.00. The third kappa shape index (κ3) is 31.8. The molecule has 0 unspecified atom stereocenters. The third-order valence-corrected chi connectivity index (χ3v) is 18.9. The fourth-order valence-electron chi connectivity index (χ4n) is 3.71. The van der Waals surface area contributed by atoms with E-state index in [9.17, 15) is 0 Å². The predicted molar refractivity (Wildman–Crippen MR) is 214 cm³/mol. The molecule has 0 aromatic heterocycles. The predicted octanol–water partition coefficient (Wildman–Crippen LogP) is 11.3. The number of unbranched alkanes of at least 4 members (excludes halogenated alkanes) is 6. The van der Waals surface area contributed by atoms with E-state index in [1.165, 1.54) is 112 Å². The fourth-order valence-corrected chi connectivity index (χ4v) is 18.2. The molecule has 0 aliphatic carbocycles. The second-order valence-electron chi connectivity index (χ2n) is 11.1.